The number of hydrogen-bond acceptors (Lipinski definition) is 4. The zero-order valence-electron chi connectivity index (χ0n) is 11.5. The molecule has 1 unspecified atom stereocenters. The molecular weight excluding hydrogens is 248 g/mol. The molecule has 0 fully saturated rings. The van der Waals surface area contributed by atoms with E-state index in [2.05, 4.69) is 22.3 Å². The number of hydrogen-bond donors (Lipinski definition) is 1. The number of nitrogens with one attached hydrogen (secondary N) is 1. The van der Waals surface area contributed by atoms with E-state index in [0.717, 1.165) is 12.2 Å². The minimum absolute atomic E-state index is 0.0883. The smallest absolute Gasteiger partial charge is 0.149 e. The van der Waals surface area contributed by atoms with Crippen LogP contribution in [0, 0.1) is 0 Å². The van der Waals surface area contributed by atoms with Crippen LogP contribution in [-0.4, -0.2) is 45.5 Å². The first-order chi connectivity index (χ1) is 8.26. The molecule has 1 N–H and O–H groups in total. The Bertz CT molecular complexity index is 484. The van der Waals surface area contributed by atoms with Crippen molar-refractivity contribution in [3.05, 3.63) is 29.8 Å². The summed E-state index contributed by atoms with van der Waals surface area (Å²) in [6, 6.07) is 7.96. The third-order valence-electron chi connectivity index (χ3n) is 2.39. The van der Waals surface area contributed by atoms with E-state index in [9.17, 15) is 8.42 Å². The number of sulfone groups is 1. The lowest BCUT2D eigenvalue weighted by Gasteiger charge is -2.16. The van der Waals surface area contributed by atoms with Crippen LogP contribution in [0.1, 0.15) is 12.5 Å². The van der Waals surface area contributed by atoms with Crippen molar-refractivity contribution in [2.45, 2.75) is 19.5 Å². The van der Waals surface area contributed by atoms with E-state index in [4.69, 9.17) is 0 Å². The second-order valence-corrected chi connectivity index (χ2v) is 7.26. The highest BCUT2D eigenvalue weighted by Crippen LogP contribution is 2.13. The van der Waals surface area contributed by atoms with Crippen LogP contribution in [0.25, 0.3) is 0 Å². The molecule has 0 heterocycles. The van der Waals surface area contributed by atoms with Gasteiger partial charge < -0.3 is 10.2 Å². The largest absolute Gasteiger partial charge is 0.382 e. The first kappa shape index (κ1) is 15.0. The topological polar surface area (TPSA) is 49.4 Å². The number of anilines is 1. The van der Waals surface area contributed by atoms with E-state index in [1.165, 1.54) is 11.8 Å². The third kappa shape index (κ3) is 6.02. The van der Waals surface area contributed by atoms with Gasteiger partial charge in [0.2, 0.25) is 0 Å². The minimum Gasteiger partial charge on any atom is -0.382 e. The maximum atomic E-state index is 11.2. The van der Waals surface area contributed by atoms with E-state index in [0.29, 0.717) is 0 Å². The average molecular weight is 270 g/mol. The van der Waals surface area contributed by atoms with Crippen LogP contribution >= 0.6 is 0 Å². The maximum absolute atomic E-state index is 11.2. The van der Waals surface area contributed by atoms with Crippen LogP contribution in [-0.2, 0) is 16.4 Å². The minimum atomic E-state index is -2.94. The first-order valence-corrected chi connectivity index (χ1v) is 8.00. The third-order valence-corrected chi connectivity index (χ3v) is 3.50. The molecule has 0 spiro atoms. The normalized spacial score (nSPS) is 13.6. The second-order valence-electron chi connectivity index (χ2n) is 5.08. The van der Waals surface area contributed by atoms with Crippen molar-refractivity contribution in [3.63, 3.8) is 0 Å². The average Bonchev–Trinajstić information content (AvgIpc) is 2.13. The molecule has 1 aromatic rings. The molecule has 5 heteroatoms. The fourth-order valence-corrected chi connectivity index (χ4v) is 2.90. The molecule has 0 radical (unpaired) electrons. The molecule has 1 rings (SSSR count). The molecule has 0 bridgehead atoms. The van der Waals surface area contributed by atoms with Gasteiger partial charge in [0.15, 0.2) is 0 Å². The second kappa shape index (κ2) is 6.20. The molecule has 4 nitrogen and oxygen atoms in total. The van der Waals surface area contributed by atoms with Crippen molar-refractivity contribution in [3.8, 4) is 0 Å². The summed E-state index contributed by atoms with van der Waals surface area (Å²) in [5, 5.41) is 3.21. The summed E-state index contributed by atoms with van der Waals surface area (Å²) in [6.07, 6.45) is 1.26. The van der Waals surface area contributed by atoms with Gasteiger partial charge in [0.05, 0.1) is 5.75 Å². The van der Waals surface area contributed by atoms with Gasteiger partial charge >= 0.3 is 0 Å². The quantitative estimate of drug-likeness (QED) is 0.853. The highest BCUT2D eigenvalue weighted by molar-refractivity contribution is 7.90. The Labute approximate surface area is 110 Å². The van der Waals surface area contributed by atoms with Gasteiger partial charge in [-0.1, -0.05) is 12.1 Å². The zero-order valence-corrected chi connectivity index (χ0v) is 12.3. The van der Waals surface area contributed by atoms with Gasteiger partial charge in [0.1, 0.15) is 9.84 Å². The highest BCUT2D eigenvalue weighted by atomic mass is 32.2. The van der Waals surface area contributed by atoms with Crippen LogP contribution in [0.5, 0.6) is 0 Å². The van der Waals surface area contributed by atoms with Crippen molar-refractivity contribution in [2.24, 2.45) is 0 Å². The van der Waals surface area contributed by atoms with E-state index in [1.54, 1.807) is 0 Å². The van der Waals surface area contributed by atoms with Gasteiger partial charge in [-0.2, -0.15) is 0 Å². The van der Waals surface area contributed by atoms with Gasteiger partial charge in [-0.05, 0) is 38.7 Å². The van der Waals surface area contributed by atoms with E-state index in [-0.39, 0.29) is 11.8 Å². The number of nitrogens with zero attached hydrogens (tertiary/aromatic N) is 1. The molecule has 0 aliphatic heterocycles. The Morgan fingerprint density at radius 1 is 1.33 bits per heavy atom. The molecule has 0 saturated heterocycles. The molecule has 1 atom stereocenters. The van der Waals surface area contributed by atoms with Gasteiger partial charge in [-0.25, -0.2) is 8.42 Å². The molecule has 1 aromatic carbocycles. The van der Waals surface area contributed by atoms with Crippen LogP contribution in [0.3, 0.4) is 0 Å². The van der Waals surface area contributed by atoms with Gasteiger partial charge in [0.25, 0.3) is 0 Å². The predicted molar refractivity (Wildman–Crippen MR) is 76.6 cm³/mol. The Hall–Kier alpha value is -1.07. The van der Waals surface area contributed by atoms with E-state index in [1.807, 2.05) is 33.2 Å². The van der Waals surface area contributed by atoms with Gasteiger partial charge in [0, 0.05) is 24.5 Å². The van der Waals surface area contributed by atoms with E-state index >= 15 is 0 Å². The van der Waals surface area contributed by atoms with Crippen molar-refractivity contribution >= 4 is 15.5 Å². The maximum Gasteiger partial charge on any atom is 0.149 e. The molecule has 0 aliphatic rings. The lowest BCUT2D eigenvalue weighted by atomic mass is 10.2. The summed E-state index contributed by atoms with van der Waals surface area (Å²) in [7, 11) is 1.10. The molecular formula is C13H22N2O2S. The lowest BCUT2D eigenvalue weighted by molar-refractivity contribution is 0.402. The van der Waals surface area contributed by atoms with Crippen LogP contribution in [0.4, 0.5) is 5.69 Å². The lowest BCUT2D eigenvalue weighted by Crippen LogP contribution is -2.25. The molecule has 0 saturated carbocycles. The molecule has 18 heavy (non-hydrogen) atoms. The molecule has 0 aliphatic carbocycles. The van der Waals surface area contributed by atoms with Crippen molar-refractivity contribution in [1.82, 2.24) is 4.90 Å². The summed E-state index contributed by atoms with van der Waals surface area (Å²) < 4.78 is 22.4. The van der Waals surface area contributed by atoms with Crippen molar-refractivity contribution < 1.29 is 8.42 Å². The zero-order chi connectivity index (χ0) is 13.8. The highest BCUT2D eigenvalue weighted by Gasteiger charge is 2.10. The fraction of sp³-hybridized carbons (Fsp3) is 0.538. The Kier molecular flexibility index (Phi) is 5.16. The number of benzene rings is 1. The van der Waals surface area contributed by atoms with Crippen LogP contribution in [0.15, 0.2) is 24.3 Å². The summed E-state index contributed by atoms with van der Waals surface area (Å²) in [5.74, 6) is 0.144. The number of rotatable bonds is 6. The Balaban J connectivity index is 2.67. The standard InChI is InChI=1S/C13H22N2O2S/c1-11(10-18(4,16)17)14-13-7-5-6-12(8-13)9-15(2)3/h5-8,11,14H,9-10H2,1-4H3. The van der Waals surface area contributed by atoms with Crippen molar-refractivity contribution in [1.29, 1.82) is 0 Å². The van der Waals surface area contributed by atoms with Gasteiger partial charge in [-0.3, -0.25) is 0 Å². The first-order valence-electron chi connectivity index (χ1n) is 5.94. The SMILES string of the molecule is CC(CS(C)(=O)=O)Nc1cccc(CN(C)C)c1. The molecule has 0 amide bonds. The van der Waals surface area contributed by atoms with Crippen molar-refractivity contribution in [2.75, 3.05) is 31.4 Å². The Morgan fingerprint density at radius 3 is 2.56 bits per heavy atom. The summed E-state index contributed by atoms with van der Waals surface area (Å²) >= 11 is 0. The summed E-state index contributed by atoms with van der Waals surface area (Å²) in [6.45, 7) is 2.75. The predicted octanol–water partition coefficient (Wildman–Crippen LogP) is 1.59. The van der Waals surface area contributed by atoms with Gasteiger partial charge in [-0.15, -0.1) is 0 Å². The molecule has 102 valence electrons. The monoisotopic (exact) mass is 270 g/mol. The van der Waals surface area contributed by atoms with Crippen LogP contribution < -0.4 is 5.32 Å². The summed E-state index contributed by atoms with van der Waals surface area (Å²) in [4.78, 5) is 2.10. The van der Waals surface area contributed by atoms with E-state index < -0.39 is 9.84 Å². The fourth-order valence-electron chi connectivity index (χ4n) is 1.90. The Morgan fingerprint density at radius 2 is 2.00 bits per heavy atom. The van der Waals surface area contributed by atoms with Crippen LogP contribution in [0.2, 0.25) is 0 Å². The summed E-state index contributed by atoms with van der Waals surface area (Å²) in [5.41, 5.74) is 2.17. The molecule has 0 aromatic heterocycles.